The Morgan fingerprint density at radius 1 is 1.45 bits per heavy atom. The normalized spacial score (nSPS) is 18.4. The zero-order chi connectivity index (χ0) is 16.3. The molecule has 6 heteroatoms. The molecule has 22 heavy (non-hydrogen) atoms. The third-order valence-corrected chi connectivity index (χ3v) is 3.74. The number of nitrogens with zero attached hydrogens (tertiary/aromatic N) is 1. The van der Waals surface area contributed by atoms with Gasteiger partial charge in [0, 0.05) is 12.1 Å². The molecule has 2 atom stereocenters. The summed E-state index contributed by atoms with van der Waals surface area (Å²) in [5, 5.41) is 12.4. The van der Waals surface area contributed by atoms with Crippen molar-refractivity contribution in [3.05, 3.63) is 18.2 Å². The maximum absolute atomic E-state index is 12.5. The number of fused-ring (bicyclic) bond motifs is 1. The molecule has 0 spiro atoms. The molecule has 0 radical (unpaired) electrons. The molecule has 0 aliphatic carbocycles. The van der Waals surface area contributed by atoms with Crippen molar-refractivity contribution >= 4 is 17.5 Å². The van der Waals surface area contributed by atoms with Crippen molar-refractivity contribution in [1.29, 1.82) is 0 Å². The van der Waals surface area contributed by atoms with Crippen molar-refractivity contribution in [2.24, 2.45) is 0 Å². The molecule has 1 aliphatic rings. The maximum atomic E-state index is 12.5. The lowest BCUT2D eigenvalue weighted by Crippen LogP contribution is -2.50. The number of anilines is 1. The summed E-state index contributed by atoms with van der Waals surface area (Å²) in [7, 11) is 0. The minimum absolute atomic E-state index is 0.0548. The van der Waals surface area contributed by atoms with Crippen LogP contribution in [-0.4, -0.2) is 35.6 Å². The van der Waals surface area contributed by atoms with E-state index in [2.05, 4.69) is 5.32 Å². The maximum Gasteiger partial charge on any atom is 0.268 e. The zero-order valence-electron chi connectivity index (χ0n) is 13.1. The Labute approximate surface area is 130 Å². The fourth-order valence-electron chi connectivity index (χ4n) is 2.30. The molecule has 1 aromatic carbocycles. The van der Waals surface area contributed by atoms with Gasteiger partial charge in [-0.25, -0.2) is 0 Å². The van der Waals surface area contributed by atoms with E-state index in [4.69, 9.17) is 4.74 Å². The molecule has 1 aliphatic heterocycles. The fourth-order valence-corrected chi connectivity index (χ4v) is 2.30. The van der Waals surface area contributed by atoms with Crippen LogP contribution in [0.1, 0.15) is 33.6 Å². The molecule has 1 aromatic rings. The van der Waals surface area contributed by atoms with Crippen LogP contribution in [-0.2, 0) is 9.59 Å². The number of hydrogen-bond acceptors (Lipinski definition) is 4. The molecule has 0 aromatic heterocycles. The number of amides is 2. The van der Waals surface area contributed by atoms with Crippen molar-refractivity contribution in [2.75, 3.05) is 11.4 Å². The minimum Gasteiger partial charge on any atom is -0.508 e. The van der Waals surface area contributed by atoms with Crippen molar-refractivity contribution in [3.63, 3.8) is 0 Å². The molecule has 120 valence electrons. The fraction of sp³-hybridized carbons (Fsp3) is 0.500. The predicted molar refractivity (Wildman–Crippen MR) is 83.1 cm³/mol. The van der Waals surface area contributed by atoms with Crippen molar-refractivity contribution in [3.8, 4) is 11.5 Å². The smallest absolute Gasteiger partial charge is 0.268 e. The van der Waals surface area contributed by atoms with Crippen LogP contribution >= 0.6 is 0 Å². The van der Waals surface area contributed by atoms with Crippen molar-refractivity contribution in [1.82, 2.24) is 5.32 Å². The summed E-state index contributed by atoms with van der Waals surface area (Å²) in [4.78, 5) is 26.0. The van der Waals surface area contributed by atoms with Crippen LogP contribution in [0.25, 0.3) is 0 Å². The van der Waals surface area contributed by atoms with Crippen molar-refractivity contribution in [2.45, 2.75) is 45.8 Å². The van der Waals surface area contributed by atoms with E-state index in [1.807, 2.05) is 20.8 Å². The van der Waals surface area contributed by atoms with Gasteiger partial charge in [0.25, 0.3) is 5.91 Å². The van der Waals surface area contributed by atoms with Gasteiger partial charge < -0.3 is 15.2 Å². The number of nitrogens with one attached hydrogen (secondary N) is 1. The summed E-state index contributed by atoms with van der Waals surface area (Å²) in [6, 6.07) is 4.58. The van der Waals surface area contributed by atoms with Crippen LogP contribution in [0.3, 0.4) is 0 Å². The molecule has 1 heterocycles. The standard InChI is InChI=1S/C16H22N2O4/c1-4-10(3)17-15(20)9-18-12-7-6-11(19)8-14(12)22-13(5-2)16(18)21/h6-8,10,13,19H,4-5,9H2,1-3H3,(H,17,20). The largest absolute Gasteiger partial charge is 0.508 e. The number of rotatable bonds is 5. The summed E-state index contributed by atoms with van der Waals surface area (Å²) in [5.74, 6) is 0.0354. The highest BCUT2D eigenvalue weighted by atomic mass is 16.5. The summed E-state index contributed by atoms with van der Waals surface area (Å²) in [6.45, 7) is 5.68. The number of ether oxygens (including phenoxy) is 1. The highest BCUT2D eigenvalue weighted by Gasteiger charge is 2.34. The Morgan fingerprint density at radius 3 is 2.82 bits per heavy atom. The van der Waals surface area contributed by atoms with Gasteiger partial charge in [0.05, 0.1) is 5.69 Å². The van der Waals surface area contributed by atoms with Gasteiger partial charge in [-0.1, -0.05) is 13.8 Å². The summed E-state index contributed by atoms with van der Waals surface area (Å²) < 4.78 is 5.61. The molecule has 2 rings (SSSR count). The first-order valence-corrected chi connectivity index (χ1v) is 7.56. The topological polar surface area (TPSA) is 78.9 Å². The number of hydrogen-bond donors (Lipinski definition) is 2. The molecule has 2 unspecified atom stereocenters. The van der Waals surface area contributed by atoms with Crippen LogP contribution in [0.5, 0.6) is 11.5 Å². The molecule has 0 saturated heterocycles. The first-order valence-electron chi connectivity index (χ1n) is 7.56. The third kappa shape index (κ3) is 3.32. The quantitative estimate of drug-likeness (QED) is 0.869. The van der Waals surface area contributed by atoms with Crippen LogP contribution in [0.2, 0.25) is 0 Å². The number of carbonyl (C=O) groups excluding carboxylic acids is 2. The molecule has 2 N–H and O–H groups in total. The number of benzene rings is 1. The highest BCUT2D eigenvalue weighted by molar-refractivity contribution is 6.03. The monoisotopic (exact) mass is 306 g/mol. The van der Waals surface area contributed by atoms with Gasteiger partial charge in [-0.05, 0) is 31.9 Å². The average Bonchev–Trinajstić information content (AvgIpc) is 2.49. The Kier molecular flexibility index (Phi) is 4.90. The van der Waals surface area contributed by atoms with E-state index < -0.39 is 6.10 Å². The van der Waals surface area contributed by atoms with E-state index in [0.29, 0.717) is 17.9 Å². The number of aromatic hydroxyl groups is 1. The Hall–Kier alpha value is -2.24. The number of phenols is 1. The van der Waals surface area contributed by atoms with E-state index in [1.54, 1.807) is 6.07 Å². The second-order valence-electron chi connectivity index (χ2n) is 5.47. The van der Waals surface area contributed by atoms with E-state index in [0.717, 1.165) is 6.42 Å². The summed E-state index contributed by atoms with van der Waals surface area (Å²) in [5.41, 5.74) is 0.506. The van der Waals surface area contributed by atoms with E-state index in [1.165, 1.54) is 17.0 Å². The molecular formula is C16H22N2O4. The van der Waals surface area contributed by atoms with Crippen molar-refractivity contribution < 1.29 is 19.4 Å². The van der Waals surface area contributed by atoms with Gasteiger partial charge in [0.1, 0.15) is 18.0 Å². The zero-order valence-corrected chi connectivity index (χ0v) is 13.1. The van der Waals surface area contributed by atoms with E-state index in [9.17, 15) is 14.7 Å². The summed E-state index contributed by atoms with van der Waals surface area (Å²) >= 11 is 0. The predicted octanol–water partition coefficient (Wildman–Crippen LogP) is 1.81. The molecule has 6 nitrogen and oxygen atoms in total. The number of carbonyl (C=O) groups is 2. The third-order valence-electron chi connectivity index (χ3n) is 3.74. The Bertz CT molecular complexity index is 573. The van der Waals surface area contributed by atoms with Gasteiger partial charge in [0.2, 0.25) is 5.91 Å². The lowest BCUT2D eigenvalue weighted by Gasteiger charge is -2.33. The minimum atomic E-state index is -0.634. The van der Waals surface area contributed by atoms with Gasteiger partial charge in [-0.3, -0.25) is 14.5 Å². The molecule has 0 fully saturated rings. The summed E-state index contributed by atoms with van der Waals surface area (Å²) in [6.07, 6.45) is 0.688. The van der Waals surface area contributed by atoms with Gasteiger partial charge in [-0.2, -0.15) is 0 Å². The van der Waals surface area contributed by atoms with E-state index >= 15 is 0 Å². The van der Waals surface area contributed by atoms with Crippen LogP contribution in [0.4, 0.5) is 5.69 Å². The van der Waals surface area contributed by atoms with Crippen LogP contribution in [0.15, 0.2) is 18.2 Å². The van der Waals surface area contributed by atoms with Crippen LogP contribution < -0.4 is 15.0 Å². The molecule has 2 amide bonds. The Balaban J connectivity index is 2.25. The highest BCUT2D eigenvalue weighted by Crippen LogP contribution is 2.37. The first kappa shape index (κ1) is 16.1. The van der Waals surface area contributed by atoms with Gasteiger partial charge in [0.15, 0.2) is 6.10 Å². The lowest BCUT2D eigenvalue weighted by atomic mass is 10.1. The second-order valence-corrected chi connectivity index (χ2v) is 5.47. The molecule has 0 bridgehead atoms. The Morgan fingerprint density at radius 2 is 2.18 bits per heavy atom. The average molecular weight is 306 g/mol. The van der Waals surface area contributed by atoms with Gasteiger partial charge >= 0.3 is 0 Å². The molecular weight excluding hydrogens is 284 g/mol. The first-order chi connectivity index (χ1) is 10.5. The second kappa shape index (κ2) is 6.68. The SMILES string of the molecule is CCC(C)NC(=O)CN1C(=O)C(CC)Oc2cc(O)ccc21. The van der Waals surface area contributed by atoms with E-state index in [-0.39, 0.29) is 30.2 Å². The molecule has 0 saturated carbocycles. The van der Waals surface area contributed by atoms with Crippen LogP contribution in [0, 0.1) is 0 Å². The van der Waals surface area contributed by atoms with Gasteiger partial charge in [-0.15, -0.1) is 0 Å². The number of phenolic OH excluding ortho intramolecular Hbond substituents is 1. The lowest BCUT2D eigenvalue weighted by molar-refractivity contribution is -0.129.